The van der Waals surface area contributed by atoms with E-state index in [1.165, 1.54) is 0 Å². The van der Waals surface area contributed by atoms with E-state index >= 15 is 0 Å². The zero-order valence-electron chi connectivity index (χ0n) is 8.64. The van der Waals surface area contributed by atoms with Crippen molar-refractivity contribution in [3.63, 3.8) is 0 Å². The van der Waals surface area contributed by atoms with Crippen molar-refractivity contribution >= 4 is 0 Å². The van der Waals surface area contributed by atoms with Gasteiger partial charge in [0, 0.05) is 18.6 Å². The first-order valence-electron chi connectivity index (χ1n) is 4.91. The summed E-state index contributed by atoms with van der Waals surface area (Å²) in [6, 6.07) is 0. The van der Waals surface area contributed by atoms with E-state index in [9.17, 15) is 5.11 Å². The van der Waals surface area contributed by atoms with E-state index in [0.29, 0.717) is 0 Å². The van der Waals surface area contributed by atoms with Crippen molar-refractivity contribution < 1.29 is 5.11 Å². The van der Waals surface area contributed by atoms with Gasteiger partial charge < -0.3 is 5.11 Å². The first-order chi connectivity index (χ1) is 6.60. The molecular formula is C9H16N4O. The van der Waals surface area contributed by atoms with Gasteiger partial charge >= 0.3 is 0 Å². The van der Waals surface area contributed by atoms with Crippen molar-refractivity contribution in [3.8, 4) is 0 Å². The standard InChI is InChI=1S/C9H16N4O/c1-8(2)5-9(8,6-14)3-4-13-7-10-11-12-13/h7,14H,3-6H2,1-2H3. The molecular weight excluding hydrogens is 180 g/mol. The van der Waals surface area contributed by atoms with E-state index < -0.39 is 0 Å². The highest BCUT2D eigenvalue weighted by Gasteiger charge is 2.59. The molecule has 5 nitrogen and oxygen atoms in total. The molecule has 0 saturated heterocycles. The average molecular weight is 196 g/mol. The summed E-state index contributed by atoms with van der Waals surface area (Å²) in [4.78, 5) is 0. The topological polar surface area (TPSA) is 63.8 Å². The Morgan fingerprint density at radius 1 is 1.50 bits per heavy atom. The van der Waals surface area contributed by atoms with Crippen molar-refractivity contribution in [1.29, 1.82) is 0 Å². The summed E-state index contributed by atoms with van der Waals surface area (Å²) in [6.45, 7) is 5.45. The molecule has 1 N–H and O–H groups in total. The first kappa shape index (κ1) is 9.58. The molecule has 2 rings (SSSR count). The summed E-state index contributed by atoms with van der Waals surface area (Å²) in [5.41, 5.74) is 0.370. The van der Waals surface area contributed by atoms with E-state index in [4.69, 9.17) is 0 Å². The lowest BCUT2D eigenvalue weighted by Crippen LogP contribution is -2.17. The van der Waals surface area contributed by atoms with Gasteiger partial charge in [-0.25, -0.2) is 4.68 Å². The van der Waals surface area contributed by atoms with Gasteiger partial charge in [0.25, 0.3) is 0 Å². The second kappa shape index (κ2) is 3.02. The summed E-state index contributed by atoms with van der Waals surface area (Å²) in [7, 11) is 0. The zero-order valence-corrected chi connectivity index (χ0v) is 8.64. The van der Waals surface area contributed by atoms with Crippen LogP contribution in [0.1, 0.15) is 26.7 Å². The van der Waals surface area contributed by atoms with Crippen molar-refractivity contribution in [3.05, 3.63) is 6.33 Å². The molecule has 1 aliphatic rings. The number of tetrazole rings is 1. The Hall–Kier alpha value is -0.970. The van der Waals surface area contributed by atoms with Gasteiger partial charge in [0.05, 0.1) is 0 Å². The number of hydrogen-bond acceptors (Lipinski definition) is 4. The number of aliphatic hydroxyl groups excluding tert-OH is 1. The molecule has 1 fully saturated rings. The maximum Gasteiger partial charge on any atom is 0.138 e. The molecule has 0 bridgehead atoms. The summed E-state index contributed by atoms with van der Waals surface area (Å²) < 4.78 is 1.71. The van der Waals surface area contributed by atoms with E-state index in [1.54, 1.807) is 11.0 Å². The van der Waals surface area contributed by atoms with Crippen LogP contribution in [0.15, 0.2) is 6.33 Å². The number of aromatic nitrogens is 4. The Kier molecular flexibility index (Phi) is 2.06. The van der Waals surface area contributed by atoms with Crippen molar-refractivity contribution in [1.82, 2.24) is 20.2 Å². The molecule has 1 atom stereocenters. The molecule has 1 aromatic heterocycles. The molecule has 1 aromatic rings. The number of rotatable bonds is 4. The number of aryl methyl sites for hydroxylation is 1. The number of aliphatic hydroxyl groups is 1. The highest BCUT2D eigenvalue weighted by atomic mass is 16.3. The van der Waals surface area contributed by atoms with Crippen LogP contribution < -0.4 is 0 Å². The van der Waals surface area contributed by atoms with Gasteiger partial charge in [0.15, 0.2) is 0 Å². The lowest BCUT2D eigenvalue weighted by molar-refractivity contribution is 0.164. The maximum absolute atomic E-state index is 9.36. The Morgan fingerprint density at radius 2 is 2.21 bits per heavy atom. The number of hydrogen-bond donors (Lipinski definition) is 1. The van der Waals surface area contributed by atoms with Crippen LogP contribution in [0.3, 0.4) is 0 Å². The zero-order chi connectivity index (χ0) is 10.2. The summed E-state index contributed by atoms with van der Waals surface area (Å²) in [5, 5.41) is 20.3. The SMILES string of the molecule is CC1(C)CC1(CO)CCn1cnnn1. The van der Waals surface area contributed by atoms with Gasteiger partial charge in [-0.15, -0.1) is 5.10 Å². The van der Waals surface area contributed by atoms with Gasteiger partial charge in [-0.2, -0.15) is 0 Å². The Balaban J connectivity index is 1.92. The van der Waals surface area contributed by atoms with Gasteiger partial charge in [0.2, 0.25) is 0 Å². The Labute approximate surface area is 83.1 Å². The van der Waals surface area contributed by atoms with Crippen molar-refractivity contribution in [2.45, 2.75) is 33.2 Å². The minimum absolute atomic E-state index is 0.0962. The minimum atomic E-state index is 0.0962. The van der Waals surface area contributed by atoms with E-state index in [0.717, 1.165) is 19.4 Å². The van der Waals surface area contributed by atoms with Crippen LogP contribution in [0.25, 0.3) is 0 Å². The smallest absolute Gasteiger partial charge is 0.138 e. The van der Waals surface area contributed by atoms with Crippen LogP contribution in [0.4, 0.5) is 0 Å². The van der Waals surface area contributed by atoms with Crippen molar-refractivity contribution in [2.24, 2.45) is 10.8 Å². The second-order valence-electron chi connectivity index (χ2n) is 4.82. The van der Waals surface area contributed by atoms with Crippen LogP contribution in [0, 0.1) is 10.8 Å². The normalized spacial score (nSPS) is 29.1. The molecule has 0 radical (unpaired) electrons. The fourth-order valence-electron chi connectivity index (χ4n) is 2.19. The molecule has 14 heavy (non-hydrogen) atoms. The molecule has 1 saturated carbocycles. The van der Waals surface area contributed by atoms with E-state index in [2.05, 4.69) is 29.4 Å². The third kappa shape index (κ3) is 1.41. The summed E-state index contributed by atoms with van der Waals surface area (Å²) in [6.07, 6.45) is 3.65. The molecule has 1 unspecified atom stereocenters. The van der Waals surface area contributed by atoms with Crippen LogP contribution in [0.2, 0.25) is 0 Å². The molecule has 78 valence electrons. The molecule has 0 aromatic carbocycles. The summed E-state index contributed by atoms with van der Waals surface area (Å²) >= 11 is 0. The molecule has 5 heteroatoms. The molecule has 0 amide bonds. The van der Waals surface area contributed by atoms with E-state index in [1.807, 2.05) is 0 Å². The quantitative estimate of drug-likeness (QED) is 0.760. The fourth-order valence-corrected chi connectivity index (χ4v) is 2.19. The van der Waals surface area contributed by atoms with Crippen LogP contribution in [-0.4, -0.2) is 31.9 Å². The van der Waals surface area contributed by atoms with Crippen LogP contribution in [-0.2, 0) is 6.54 Å². The van der Waals surface area contributed by atoms with Gasteiger partial charge in [-0.05, 0) is 28.7 Å². The highest BCUT2D eigenvalue weighted by molar-refractivity contribution is 5.08. The Morgan fingerprint density at radius 3 is 2.64 bits per heavy atom. The average Bonchev–Trinajstić information content (AvgIpc) is 2.56. The number of nitrogens with zero attached hydrogens (tertiary/aromatic N) is 4. The second-order valence-corrected chi connectivity index (χ2v) is 4.82. The minimum Gasteiger partial charge on any atom is -0.396 e. The monoisotopic (exact) mass is 196 g/mol. The van der Waals surface area contributed by atoms with Crippen molar-refractivity contribution in [2.75, 3.05) is 6.61 Å². The molecule has 1 aliphatic carbocycles. The third-order valence-electron chi connectivity index (χ3n) is 3.60. The van der Waals surface area contributed by atoms with E-state index in [-0.39, 0.29) is 17.4 Å². The third-order valence-corrected chi connectivity index (χ3v) is 3.60. The largest absolute Gasteiger partial charge is 0.396 e. The lowest BCUT2D eigenvalue weighted by atomic mass is 9.93. The molecule has 0 spiro atoms. The molecule has 1 heterocycles. The van der Waals surface area contributed by atoms with Crippen LogP contribution in [0.5, 0.6) is 0 Å². The maximum atomic E-state index is 9.36. The highest BCUT2D eigenvalue weighted by Crippen LogP contribution is 2.65. The Bertz CT molecular complexity index is 309. The molecule has 0 aliphatic heterocycles. The first-order valence-corrected chi connectivity index (χ1v) is 4.91. The predicted molar refractivity (Wildman–Crippen MR) is 50.4 cm³/mol. The van der Waals surface area contributed by atoms with Gasteiger partial charge in [-0.1, -0.05) is 13.8 Å². The summed E-state index contributed by atoms with van der Waals surface area (Å²) in [5.74, 6) is 0. The fraction of sp³-hybridized carbons (Fsp3) is 0.889. The lowest BCUT2D eigenvalue weighted by Gasteiger charge is -2.16. The van der Waals surface area contributed by atoms with Gasteiger partial charge in [0.1, 0.15) is 6.33 Å². The predicted octanol–water partition coefficient (Wildman–Crippen LogP) is 0.472. The van der Waals surface area contributed by atoms with Crippen LogP contribution >= 0.6 is 0 Å². The van der Waals surface area contributed by atoms with Gasteiger partial charge in [-0.3, -0.25) is 0 Å².